The molecule has 0 aromatic heterocycles. The van der Waals surface area contributed by atoms with Gasteiger partial charge in [0.25, 0.3) is 5.91 Å². The second kappa shape index (κ2) is 9.24. The van der Waals surface area contributed by atoms with Crippen molar-refractivity contribution < 1.29 is 14.3 Å². The predicted molar refractivity (Wildman–Crippen MR) is 118 cm³/mol. The molecule has 2 rings (SSSR count). The zero-order chi connectivity index (χ0) is 21.9. The summed E-state index contributed by atoms with van der Waals surface area (Å²) in [6, 6.07) is 8.61. The molecule has 29 heavy (non-hydrogen) atoms. The quantitative estimate of drug-likeness (QED) is 0.558. The fourth-order valence-corrected chi connectivity index (χ4v) is 3.17. The third kappa shape index (κ3) is 5.78. The predicted octanol–water partition coefficient (Wildman–Crippen LogP) is 5.56. The first-order chi connectivity index (χ1) is 13.4. The molecule has 2 aromatic carbocycles. The zero-order valence-corrected chi connectivity index (χ0v) is 19.1. The van der Waals surface area contributed by atoms with Crippen LogP contribution in [-0.4, -0.2) is 23.5 Å². The smallest absolute Gasteiger partial charge is 0.261 e. The van der Waals surface area contributed by atoms with E-state index in [9.17, 15) is 9.59 Å². The van der Waals surface area contributed by atoms with E-state index in [-0.39, 0.29) is 26.7 Å². The highest BCUT2D eigenvalue weighted by atomic mass is 35.5. The monoisotopic (exact) mass is 456 g/mol. The van der Waals surface area contributed by atoms with Gasteiger partial charge in [0.1, 0.15) is 11.3 Å². The van der Waals surface area contributed by atoms with Crippen LogP contribution in [0.5, 0.6) is 5.75 Å². The summed E-state index contributed by atoms with van der Waals surface area (Å²) >= 11 is 18.0. The summed E-state index contributed by atoms with van der Waals surface area (Å²) in [5.41, 5.74) is 1.43. The second-order valence-electron chi connectivity index (χ2n) is 7.29. The number of halogens is 3. The maximum Gasteiger partial charge on any atom is 0.261 e. The van der Waals surface area contributed by atoms with E-state index in [2.05, 4.69) is 10.6 Å². The molecular formula is C21H23Cl3N2O3. The van der Waals surface area contributed by atoms with Gasteiger partial charge in [0, 0.05) is 11.8 Å². The molecule has 156 valence electrons. The number of hydrogen-bond acceptors (Lipinski definition) is 3. The lowest BCUT2D eigenvalue weighted by Gasteiger charge is -2.28. The number of hydrogen-bond donors (Lipinski definition) is 2. The van der Waals surface area contributed by atoms with Crippen LogP contribution < -0.4 is 15.4 Å². The minimum absolute atomic E-state index is 0.224. The number of benzene rings is 2. The Balaban J connectivity index is 2.07. The molecule has 1 atom stereocenters. The van der Waals surface area contributed by atoms with Gasteiger partial charge in [-0.2, -0.15) is 0 Å². The summed E-state index contributed by atoms with van der Waals surface area (Å²) in [5.74, 6) is -0.599. The van der Waals surface area contributed by atoms with E-state index in [0.29, 0.717) is 0 Å². The van der Waals surface area contributed by atoms with Gasteiger partial charge in [-0.3, -0.25) is 9.59 Å². The van der Waals surface area contributed by atoms with E-state index in [4.69, 9.17) is 39.5 Å². The molecule has 1 unspecified atom stereocenters. The molecule has 0 radical (unpaired) electrons. The molecule has 0 aliphatic heterocycles. The van der Waals surface area contributed by atoms with Crippen molar-refractivity contribution >= 4 is 52.3 Å². The SMILES string of the molecule is Cc1cccc(C)c1NC(=O)C(C)(C)NC(=O)C(C)Oc1cc(Cl)c(Cl)cc1Cl. The van der Waals surface area contributed by atoms with Crippen molar-refractivity contribution in [1.29, 1.82) is 0 Å². The highest BCUT2D eigenvalue weighted by Crippen LogP contribution is 2.34. The molecule has 0 spiro atoms. The summed E-state index contributed by atoms with van der Waals surface area (Å²) in [6.45, 7) is 8.60. The maximum atomic E-state index is 12.8. The van der Waals surface area contributed by atoms with E-state index in [1.54, 1.807) is 20.8 Å². The van der Waals surface area contributed by atoms with Crippen LogP contribution in [0.2, 0.25) is 15.1 Å². The topological polar surface area (TPSA) is 67.4 Å². The Morgan fingerprint density at radius 3 is 2.14 bits per heavy atom. The summed E-state index contributed by atoms with van der Waals surface area (Å²) in [7, 11) is 0. The van der Waals surface area contributed by atoms with Gasteiger partial charge >= 0.3 is 0 Å². The summed E-state index contributed by atoms with van der Waals surface area (Å²) in [5, 5.41) is 6.36. The summed E-state index contributed by atoms with van der Waals surface area (Å²) < 4.78 is 5.61. The number of para-hydroxylation sites is 1. The van der Waals surface area contributed by atoms with Gasteiger partial charge in [-0.1, -0.05) is 53.0 Å². The van der Waals surface area contributed by atoms with Gasteiger partial charge < -0.3 is 15.4 Å². The van der Waals surface area contributed by atoms with Crippen LogP contribution in [0.4, 0.5) is 5.69 Å². The van der Waals surface area contributed by atoms with Crippen molar-refractivity contribution in [2.24, 2.45) is 0 Å². The van der Waals surface area contributed by atoms with Crippen LogP contribution >= 0.6 is 34.8 Å². The van der Waals surface area contributed by atoms with E-state index < -0.39 is 17.6 Å². The first-order valence-electron chi connectivity index (χ1n) is 8.93. The van der Waals surface area contributed by atoms with Crippen molar-refractivity contribution in [3.05, 3.63) is 56.5 Å². The normalized spacial score (nSPS) is 12.3. The molecule has 0 aliphatic rings. The molecule has 0 heterocycles. The molecule has 0 aliphatic carbocycles. The fourth-order valence-electron chi connectivity index (χ4n) is 2.59. The van der Waals surface area contributed by atoms with Gasteiger partial charge in [0.05, 0.1) is 15.1 Å². The molecule has 0 saturated carbocycles. The third-order valence-corrected chi connectivity index (χ3v) is 5.39. The zero-order valence-electron chi connectivity index (χ0n) is 16.8. The van der Waals surface area contributed by atoms with Crippen LogP contribution in [0.3, 0.4) is 0 Å². The van der Waals surface area contributed by atoms with Gasteiger partial charge in [-0.25, -0.2) is 0 Å². The molecule has 0 fully saturated rings. The number of aryl methyl sites for hydroxylation is 2. The molecular weight excluding hydrogens is 435 g/mol. The summed E-state index contributed by atoms with van der Waals surface area (Å²) in [6.07, 6.45) is -0.919. The average Bonchev–Trinajstić information content (AvgIpc) is 2.62. The van der Waals surface area contributed by atoms with Gasteiger partial charge in [-0.05, 0) is 51.8 Å². The Kier molecular flexibility index (Phi) is 7.44. The number of amides is 2. The molecule has 2 N–H and O–H groups in total. The van der Waals surface area contributed by atoms with Gasteiger partial charge in [0.15, 0.2) is 6.10 Å². The molecule has 0 saturated heterocycles. The highest BCUT2D eigenvalue weighted by Gasteiger charge is 2.32. The molecule has 5 nitrogen and oxygen atoms in total. The Labute approximate surface area is 185 Å². The van der Waals surface area contributed by atoms with Crippen molar-refractivity contribution in [2.45, 2.75) is 46.3 Å². The Morgan fingerprint density at radius 1 is 1.00 bits per heavy atom. The van der Waals surface area contributed by atoms with Crippen LogP contribution in [0.25, 0.3) is 0 Å². The number of carbonyl (C=O) groups is 2. The number of carbonyl (C=O) groups excluding carboxylic acids is 2. The standard InChI is InChI=1S/C21H23Cl3N2O3/c1-11-7-6-8-12(2)18(11)25-20(28)21(4,5)26-19(27)13(3)29-17-10-15(23)14(22)9-16(17)24/h6-10,13H,1-5H3,(H,25,28)(H,26,27). The Hall–Kier alpha value is -1.95. The van der Waals surface area contributed by atoms with Crippen LogP contribution in [0.1, 0.15) is 31.9 Å². The highest BCUT2D eigenvalue weighted by molar-refractivity contribution is 6.43. The van der Waals surface area contributed by atoms with E-state index >= 15 is 0 Å². The van der Waals surface area contributed by atoms with Crippen molar-refractivity contribution in [3.8, 4) is 5.75 Å². The minimum Gasteiger partial charge on any atom is -0.479 e. The van der Waals surface area contributed by atoms with Crippen LogP contribution in [0, 0.1) is 13.8 Å². The first-order valence-corrected chi connectivity index (χ1v) is 10.1. The van der Waals surface area contributed by atoms with E-state index in [1.165, 1.54) is 12.1 Å². The second-order valence-corrected chi connectivity index (χ2v) is 8.51. The lowest BCUT2D eigenvalue weighted by molar-refractivity contribution is -0.133. The largest absolute Gasteiger partial charge is 0.479 e. The third-order valence-electron chi connectivity index (χ3n) is 4.37. The van der Waals surface area contributed by atoms with E-state index in [1.807, 2.05) is 32.0 Å². The van der Waals surface area contributed by atoms with Crippen molar-refractivity contribution in [3.63, 3.8) is 0 Å². The average molecular weight is 458 g/mol. The molecule has 8 heteroatoms. The lowest BCUT2D eigenvalue weighted by atomic mass is 10.0. The minimum atomic E-state index is -1.18. The number of nitrogens with one attached hydrogen (secondary N) is 2. The van der Waals surface area contributed by atoms with Gasteiger partial charge in [0.2, 0.25) is 5.91 Å². The van der Waals surface area contributed by atoms with Crippen molar-refractivity contribution in [1.82, 2.24) is 5.32 Å². The molecule has 2 amide bonds. The first kappa shape index (κ1) is 23.3. The van der Waals surface area contributed by atoms with Crippen LogP contribution in [0.15, 0.2) is 30.3 Å². The summed E-state index contributed by atoms with van der Waals surface area (Å²) in [4.78, 5) is 25.4. The molecule has 0 bridgehead atoms. The lowest BCUT2D eigenvalue weighted by Crippen LogP contribution is -2.55. The van der Waals surface area contributed by atoms with Crippen molar-refractivity contribution in [2.75, 3.05) is 5.32 Å². The number of anilines is 1. The number of ether oxygens (including phenoxy) is 1. The number of rotatable bonds is 6. The van der Waals surface area contributed by atoms with E-state index in [0.717, 1.165) is 16.8 Å². The Morgan fingerprint density at radius 2 is 1.55 bits per heavy atom. The van der Waals surface area contributed by atoms with Crippen LogP contribution in [-0.2, 0) is 9.59 Å². The Bertz CT molecular complexity index is 925. The van der Waals surface area contributed by atoms with Gasteiger partial charge in [-0.15, -0.1) is 0 Å². The molecule has 2 aromatic rings. The maximum absolute atomic E-state index is 12.8. The fraction of sp³-hybridized carbons (Fsp3) is 0.333.